The third kappa shape index (κ3) is 4.80. The molecule has 2 aromatic carbocycles. The lowest BCUT2D eigenvalue weighted by Crippen LogP contribution is -2.44. The standard InChI is InChI=1S/C26H23N3O5/c1-2-7-23(24(30)28-17-12-16(25(31)32)13-27-14-17)29-26(33)34-15-22-20-10-5-3-8-18(20)19-9-4-6-11-21(19)22/h2-6,8-14,22-23H,1,7,15H2,(H,28,30)(H,29,33)(H,31,32). The van der Waals surface area contributed by atoms with Crippen LogP contribution in [0.15, 0.2) is 79.6 Å². The number of fused-ring (bicyclic) bond motifs is 3. The number of aromatic carboxylic acids is 1. The number of carbonyl (C=O) groups is 3. The first-order valence-corrected chi connectivity index (χ1v) is 10.7. The molecule has 1 atom stereocenters. The number of amides is 2. The quantitative estimate of drug-likeness (QED) is 0.437. The van der Waals surface area contributed by atoms with Gasteiger partial charge in [-0.15, -0.1) is 6.58 Å². The van der Waals surface area contributed by atoms with Crippen molar-refractivity contribution in [2.24, 2.45) is 0 Å². The fourth-order valence-corrected chi connectivity index (χ4v) is 4.04. The fourth-order valence-electron chi connectivity index (χ4n) is 4.04. The van der Waals surface area contributed by atoms with E-state index >= 15 is 0 Å². The van der Waals surface area contributed by atoms with Crippen LogP contribution >= 0.6 is 0 Å². The number of benzene rings is 2. The number of pyridine rings is 1. The summed E-state index contributed by atoms with van der Waals surface area (Å²) in [4.78, 5) is 40.2. The second kappa shape index (κ2) is 9.99. The van der Waals surface area contributed by atoms with Gasteiger partial charge in [0.25, 0.3) is 0 Å². The van der Waals surface area contributed by atoms with Crippen molar-refractivity contribution < 1.29 is 24.2 Å². The van der Waals surface area contributed by atoms with Gasteiger partial charge in [0.1, 0.15) is 12.6 Å². The number of alkyl carbamates (subject to hydrolysis) is 1. The van der Waals surface area contributed by atoms with E-state index in [9.17, 15) is 14.4 Å². The van der Waals surface area contributed by atoms with Crippen LogP contribution in [0.1, 0.15) is 33.8 Å². The van der Waals surface area contributed by atoms with Crippen LogP contribution in [0.5, 0.6) is 0 Å². The Hall–Kier alpha value is -4.46. The predicted molar refractivity (Wildman–Crippen MR) is 127 cm³/mol. The smallest absolute Gasteiger partial charge is 0.407 e. The summed E-state index contributed by atoms with van der Waals surface area (Å²) in [7, 11) is 0. The maximum Gasteiger partial charge on any atom is 0.407 e. The molecule has 3 aromatic rings. The molecule has 1 heterocycles. The molecule has 0 saturated carbocycles. The summed E-state index contributed by atoms with van der Waals surface area (Å²) in [6, 6.07) is 16.3. The van der Waals surface area contributed by atoms with Crippen molar-refractivity contribution in [3.05, 3.63) is 96.3 Å². The molecule has 0 spiro atoms. The van der Waals surface area contributed by atoms with Crippen molar-refractivity contribution >= 4 is 23.7 Å². The number of carbonyl (C=O) groups excluding carboxylic acids is 2. The topological polar surface area (TPSA) is 118 Å². The normalized spacial score (nSPS) is 12.7. The van der Waals surface area contributed by atoms with Crippen LogP contribution in [0.2, 0.25) is 0 Å². The highest BCUT2D eigenvalue weighted by atomic mass is 16.5. The van der Waals surface area contributed by atoms with Gasteiger partial charge in [0, 0.05) is 12.1 Å². The third-order valence-electron chi connectivity index (χ3n) is 5.61. The molecule has 3 N–H and O–H groups in total. The molecule has 0 saturated heterocycles. The van der Waals surface area contributed by atoms with Crippen LogP contribution in [-0.4, -0.2) is 40.7 Å². The van der Waals surface area contributed by atoms with Crippen LogP contribution in [0, 0.1) is 0 Å². The van der Waals surface area contributed by atoms with Crippen LogP contribution in [-0.2, 0) is 9.53 Å². The number of aromatic nitrogens is 1. The number of nitrogens with zero attached hydrogens (tertiary/aromatic N) is 1. The maximum atomic E-state index is 12.7. The Morgan fingerprint density at radius 2 is 1.71 bits per heavy atom. The summed E-state index contributed by atoms with van der Waals surface area (Å²) >= 11 is 0. The van der Waals surface area contributed by atoms with Crippen molar-refractivity contribution in [3.63, 3.8) is 0 Å². The van der Waals surface area contributed by atoms with E-state index in [1.165, 1.54) is 24.5 Å². The molecule has 4 rings (SSSR count). The Morgan fingerprint density at radius 1 is 1.06 bits per heavy atom. The Kier molecular flexibility index (Phi) is 6.68. The summed E-state index contributed by atoms with van der Waals surface area (Å²) < 4.78 is 5.51. The number of hydrogen-bond donors (Lipinski definition) is 3. The lowest BCUT2D eigenvalue weighted by Gasteiger charge is -2.19. The highest BCUT2D eigenvalue weighted by Gasteiger charge is 2.29. The zero-order valence-corrected chi connectivity index (χ0v) is 18.2. The van der Waals surface area contributed by atoms with Crippen molar-refractivity contribution in [1.82, 2.24) is 10.3 Å². The molecule has 0 aliphatic heterocycles. The van der Waals surface area contributed by atoms with Gasteiger partial charge in [0.05, 0.1) is 17.4 Å². The average molecular weight is 457 g/mol. The molecule has 34 heavy (non-hydrogen) atoms. The Morgan fingerprint density at radius 3 is 2.32 bits per heavy atom. The van der Waals surface area contributed by atoms with Crippen molar-refractivity contribution in [2.45, 2.75) is 18.4 Å². The van der Waals surface area contributed by atoms with E-state index in [0.717, 1.165) is 22.3 Å². The lowest BCUT2D eigenvalue weighted by molar-refractivity contribution is -0.118. The molecule has 8 nitrogen and oxygen atoms in total. The summed E-state index contributed by atoms with van der Waals surface area (Å²) in [5.74, 6) is -1.81. The van der Waals surface area contributed by atoms with E-state index in [1.54, 1.807) is 0 Å². The second-order valence-corrected chi connectivity index (χ2v) is 7.80. The molecule has 172 valence electrons. The van der Waals surface area contributed by atoms with E-state index in [-0.39, 0.29) is 30.2 Å². The first-order chi connectivity index (χ1) is 16.5. The molecule has 2 amide bonds. The summed E-state index contributed by atoms with van der Waals surface area (Å²) in [6.07, 6.45) is 3.42. The molecule has 0 radical (unpaired) electrons. The molecule has 8 heteroatoms. The predicted octanol–water partition coefficient (Wildman–Crippen LogP) is 4.20. The number of carboxylic acid groups (broad SMARTS) is 1. The van der Waals surface area contributed by atoms with Crippen LogP contribution < -0.4 is 10.6 Å². The van der Waals surface area contributed by atoms with Crippen LogP contribution in [0.25, 0.3) is 11.1 Å². The van der Waals surface area contributed by atoms with Gasteiger partial charge in [0.15, 0.2) is 0 Å². The molecule has 0 bridgehead atoms. The highest BCUT2D eigenvalue weighted by Crippen LogP contribution is 2.44. The van der Waals surface area contributed by atoms with Crippen LogP contribution in [0.3, 0.4) is 0 Å². The molecule has 1 aliphatic carbocycles. The van der Waals surface area contributed by atoms with E-state index < -0.39 is 24.0 Å². The van der Waals surface area contributed by atoms with E-state index in [2.05, 4.69) is 22.2 Å². The number of rotatable bonds is 8. The van der Waals surface area contributed by atoms with Gasteiger partial charge in [-0.25, -0.2) is 9.59 Å². The first-order valence-electron chi connectivity index (χ1n) is 10.7. The minimum Gasteiger partial charge on any atom is -0.478 e. The number of carboxylic acids is 1. The average Bonchev–Trinajstić information content (AvgIpc) is 3.16. The zero-order valence-electron chi connectivity index (χ0n) is 18.2. The molecule has 1 unspecified atom stereocenters. The monoisotopic (exact) mass is 457 g/mol. The Labute approximate surface area is 196 Å². The summed E-state index contributed by atoms with van der Waals surface area (Å²) in [5, 5.41) is 14.2. The summed E-state index contributed by atoms with van der Waals surface area (Å²) in [6.45, 7) is 3.75. The largest absolute Gasteiger partial charge is 0.478 e. The van der Waals surface area contributed by atoms with Crippen molar-refractivity contribution in [2.75, 3.05) is 11.9 Å². The maximum absolute atomic E-state index is 12.7. The molecular formula is C26H23N3O5. The van der Waals surface area contributed by atoms with Gasteiger partial charge in [-0.1, -0.05) is 54.6 Å². The number of anilines is 1. The van der Waals surface area contributed by atoms with Gasteiger partial charge in [0.2, 0.25) is 5.91 Å². The summed E-state index contributed by atoms with van der Waals surface area (Å²) in [5.41, 5.74) is 4.54. The molecule has 1 aromatic heterocycles. The van der Waals surface area contributed by atoms with E-state index in [0.29, 0.717) is 0 Å². The van der Waals surface area contributed by atoms with E-state index in [1.807, 2.05) is 48.5 Å². The molecule has 0 fully saturated rings. The van der Waals surface area contributed by atoms with Gasteiger partial charge < -0.3 is 20.5 Å². The minimum absolute atomic E-state index is 0.0671. The van der Waals surface area contributed by atoms with Gasteiger partial charge in [-0.2, -0.15) is 0 Å². The Bertz CT molecular complexity index is 1210. The SMILES string of the molecule is C=CCC(NC(=O)OCC1c2ccccc2-c2ccccc21)C(=O)Nc1cncc(C(=O)O)c1. The second-order valence-electron chi connectivity index (χ2n) is 7.80. The number of hydrogen-bond acceptors (Lipinski definition) is 5. The zero-order chi connectivity index (χ0) is 24.1. The number of nitrogens with one attached hydrogen (secondary N) is 2. The number of ether oxygens (including phenoxy) is 1. The Balaban J connectivity index is 1.41. The first kappa shape index (κ1) is 22.7. The van der Waals surface area contributed by atoms with Crippen molar-refractivity contribution in [3.8, 4) is 11.1 Å². The molecular weight excluding hydrogens is 434 g/mol. The van der Waals surface area contributed by atoms with Crippen molar-refractivity contribution in [1.29, 1.82) is 0 Å². The third-order valence-corrected chi connectivity index (χ3v) is 5.61. The van der Waals surface area contributed by atoms with Gasteiger partial charge >= 0.3 is 12.1 Å². The minimum atomic E-state index is -1.16. The molecule has 1 aliphatic rings. The lowest BCUT2D eigenvalue weighted by atomic mass is 9.98. The van der Waals surface area contributed by atoms with E-state index in [4.69, 9.17) is 9.84 Å². The van der Waals surface area contributed by atoms with Crippen LogP contribution in [0.4, 0.5) is 10.5 Å². The van der Waals surface area contributed by atoms with Gasteiger partial charge in [-0.05, 0) is 34.7 Å². The van der Waals surface area contributed by atoms with Gasteiger partial charge in [-0.3, -0.25) is 9.78 Å². The fraction of sp³-hybridized carbons (Fsp3) is 0.154. The highest BCUT2D eigenvalue weighted by molar-refractivity contribution is 5.97.